The fourth-order valence-corrected chi connectivity index (χ4v) is 4.17. The summed E-state index contributed by atoms with van der Waals surface area (Å²) in [5, 5.41) is 14.8. The number of aromatic nitrogens is 4. The van der Waals surface area contributed by atoms with Gasteiger partial charge in [0.1, 0.15) is 17.7 Å². The maximum absolute atomic E-state index is 12.0. The Bertz CT molecular complexity index is 751. The van der Waals surface area contributed by atoms with Gasteiger partial charge in [-0.15, -0.1) is 0 Å². The second-order valence-corrected chi connectivity index (χ2v) is 6.77. The van der Waals surface area contributed by atoms with Crippen molar-refractivity contribution in [3.8, 4) is 0 Å². The van der Waals surface area contributed by atoms with Crippen LogP contribution in [0.3, 0.4) is 0 Å². The maximum Gasteiger partial charge on any atom is 0.343 e. The SMILES string of the molecule is COC(=O)c1cncnc1N1C[C@H]2C[C@@H](n3cccn3)[C@H](O)C[C@H]2C1. The van der Waals surface area contributed by atoms with Crippen molar-refractivity contribution < 1.29 is 14.6 Å². The number of nitrogens with zero attached hydrogens (tertiary/aromatic N) is 5. The number of methoxy groups -OCH3 is 1. The molecule has 0 spiro atoms. The highest BCUT2D eigenvalue weighted by Crippen LogP contribution is 2.42. The molecule has 2 aliphatic rings. The summed E-state index contributed by atoms with van der Waals surface area (Å²) >= 11 is 0. The van der Waals surface area contributed by atoms with E-state index in [1.807, 2.05) is 16.9 Å². The van der Waals surface area contributed by atoms with E-state index < -0.39 is 12.1 Å². The van der Waals surface area contributed by atoms with Crippen molar-refractivity contribution in [3.05, 3.63) is 36.5 Å². The lowest BCUT2D eigenvalue weighted by molar-refractivity contribution is 0.0306. The zero-order valence-corrected chi connectivity index (χ0v) is 14.0. The number of rotatable bonds is 3. The third kappa shape index (κ3) is 2.86. The Morgan fingerprint density at radius 1 is 1.32 bits per heavy atom. The van der Waals surface area contributed by atoms with Crippen molar-refractivity contribution in [1.29, 1.82) is 0 Å². The lowest BCUT2D eigenvalue weighted by Gasteiger charge is -2.35. The van der Waals surface area contributed by atoms with Gasteiger partial charge in [-0.1, -0.05) is 0 Å². The minimum Gasteiger partial charge on any atom is -0.465 e. The Hall–Kier alpha value is -2.48. The molecule has 0 radical (unpaired) electrons. The number of esters is 1. The van der Waals surface area contributed by atoms with Crippen LogP contribution in [0.4, 0.5) is 5.82 Å². The van der Waals surface area contributed by atoms with Crippen molar-refractivity contribution in [1.82, 2.24) is 19.7 Å². The number of ether oxygens (including phenoxy) is 1. The van der Waals surface area contributed by atoms with Crippen molar-refractivity contribution >= 4 is 11.8 Å². The van der Waals surface area contributed by atoms with Gasteiger partial charge in [-0.2, -0.15) is 5.10 Å². The number of aliphatic hydroxyl groups excluding tert-OH is 1. The zero-order valence-electron chi connectivity index (χ0n) is 14.0. The number of hydrogen-bond acceptors (Lipinski definition) is 7. The predicted molar refractivity (Wildman–Crippen MR) is 89.1 cm³/mol. The van der Waals surface area contributed by atoms with Gasteiger partial charge < -0.3 is 14.7 Å². The number of anilines is 1. The molecule has 0 unspecified atom stereocenters. The number of aliphatic hydroxyl groups is 1. The number of carbonyl (C=O) groups excluding carboxylic acids is 1. The highest BCUT2D eigenvalue weighted by atomic mass is 16.5. The Kier molecular flexibility index (Phi) is 4.12. The van der Waals surface area contributed by atoms with E-state index in [1.54, 1.807) is 6.20 Å². The zero-order chi connectivity index (χ0) is 17.4. The van der Waals surface area contributed by atoms with Gasteiger partial charge >= 0.3 is 5.97 Å². The van der Waals surface area contributed by atoms with Crippen LogP contribution in [-0.2, 0) is 4.74 Å². The molecule has 8 nitrogen and oxygen atoms in total. The summed E-state index contributed by atoms with van der Waals surface area (Å²) in [5.41, 5.74) is 0.382. The van der Waals surface area contributed by atoms with E-state index in [4.69, 9.17) is 4.74 Å². The summed E-state index contributed by atoms with van der Waals surface area (Å²) in [7, 11) is 1.36. The molecule has 1 saturated heterocycles. The van der Waals surface area contributed by atoms with E-state index in [2.05, 4.69) is 20.0 Å². The van der Waals surface area contributed by atoms with Gasteiger partial charge in [-0.3, -0.25) is 4.68 Å². The van der Waals surface area contributed by atoms with Gasteiger partial charge in [0, 0.05) is 31.7 Å². The predicted octanol–water partition coefficient (Wildman–Crippen LogP) is 0.908. The summed E-state index contributed by atoms with van der Waals surface area (Å²) in [5.74, 6) is 0.988. The second kappa shape index (κ2) is 6.44. The highest BCUT2D eigenvalue weighted by Gasteiger charge is 2.43. The molecule has 2 fully saturated rings. The molecule has 25 heavy (non-hydrogen) atoms. The normalized spacial score (nSPS) is 28.6. The largest absolute Gasteiger partial charge is 0.465 e. The smallest absolute Gasteiger partial charge is 0.343 e. The van der Waals surface area contributed by atoms with Crippen LogP contribution in [-0.4, -0.2) is 57.1 Å². The van der Waals surface area contributed by atoms with Gasteiger partial charge in [0.2, 0.25) is 0 Å². The topological polar surface area (TPSA) is 93.4 Å². The molecular formula is C17H21N5O3. The standard InChI is InChI=1S/C17H21N5O3/c1-25-17(24)13-7-18-10-19-16(13)21-8-11-5-14(22-4-2-3-20-22)15(23)6-12(11)9-21/h2-4,7,10-12,14-15,23H,5-6,8-9H2,1H3/t11-,12+,14-,15-/m1/s1. The molecule has 1 saturated carbocycles. The molecule has 3 heterocycles. The first-order chi connectivity index (χ1) is 12.2. The molecule has 4 atom stereocenters. The number of hydrogen-bond donors (Lipinski definition) is 1. The maximum atomic E-state index is 12.0. The molecular weight excluding hydrogens is 322 g/mol. The molecule has 2 aromatic heterocycles. The van der Waals surface area contributed by atoms with Gasteiger partial charge in [0.05, 0.1) is 19.3 Å². The van der Waals surface area contributed by atoms with E-state index in [0.29, 0.717) is 23.2 Å². The van der Waals surface area contributed by atoms with Crippen LogP contribution < -0.4 is 4.90 Å². The molecule has 1 N–H and O–H groups in total. The van der Waals surface area contributed by atoms with E-state index in [-0.39, 0.29) is 6.04 Å². The van der Waals surface area contributed by atoms with Gasteiger partial charge in [-0.25, -0.2) is 14.8 Å². The van der Waals surface area contributed by atoms with Crippen molar-refractivity contribution in [3.63, 3.8) is 0 Å². The summed E-state index contributed by atoms with van der Waals surface area (Å²) in [6.45, 7) is 1.57. The first-order valence-electron chi connectivity index (χ1n) is 8.48. The third-order valence-corrected chi connectivity index (χ3v) is 5.37. The first-order valence-corrected chi connectivity index (χ1v) is 8.48. The van der Waals surface area contributed by atoms with E-state index in [1.165, 1.54) is 19.6 Å². The van der Waals surface area contributed by atoms with Crippen LogP contribution in [0.2, 0.25) is 0 Å². The van der Waals surface area contributed by atoms with Crippen LogP contribution in [0.15, 0.2) is 31.0 Å². The minimum absolute atomic E-state index is 0.00155. The number of fused-ring (bicyclic) bond motifs is 1. The molecule has 8 heteroatoms. The molecule has 4 rings (SSSR count). The molecule has 0 bridgehead atoms. The lowest BCUT2D eigenvalue weighted by atomic mass is 9.77. The lowest BCUT2D eigenvalue weighted by Crippen LogP contribution is -2.36. The van der Waals surface area contributed by atoms with Crippen LogP contribution >= 0.6 is 0 Å². The molecule has 0 aromatic carbocycles. The molecule has 1 aliphatic heterocycles. The second-order valence-electron chi connectivity index (χ2n) is 6.77. The van der Waals surface area contributed by atoms with Gasteiger partial charge in [0.25, 0.3) is 0 Å². The van der Waals surface area contributed by atoms with E-state index in [9.17, 15) is 9.90 Å². The first kappa shape index (κ1) is 16.0. The Morgan fingerprint density at radius 2 is 2.12 bits per heavy atom. The fraction of sp³-hybridized carbons (Fsp3) is 0.529. The van der Waals surface area contributed by atoms with Crippen LogP contribution in [0.25, 0.3) is 0 Å². The molecule has 1 aliphatic carbocycles. The van der Waals surface area contributed by atoms with E-state index >= 15 is 0 Å². The average Bonchev–Trinajstić information content (AvgIpc) is 3.29. The van der Waals surface area contributed by atoms with Crippen molar-refractivity contribution in [2.45, 2.75) is 25.0 Å². The summed E-state index contributed by atoms with van der Waals surface area (Å²) in [4.78, 5) is 22.4. The minimum atomic E-state index is -0.431. The highest BCUT2D eigenvalue weighted by molar-refractivity contribution is 5.94. The van der Waals surface area contributed by atoms with Crippen molar-refractivity contribution in [2.24, 2.45) is 11.8 Å². The van der Waals surface area contributed by atoms with Crippen molar-refractivity contribution in [2.75, 3.05) is 25.1 Å². The van der Waals surface area contributed by atoms with Gasteiger partial charge in [-0.05, 0) is 30.7 Å². The van der Waals surface area contributed by atoms with Gasteiger partial charge in [0.15, 0.2) is 0 Å². The van der Waals surface area contributed by atoms with Crippen LogP contribution in [0.1, 0.15) is 29.2 Å². The molecule has 0 amide bonds. The monoisotopic (exact) mass is 343 g/mol. The third-order valence-electron chi connectivity index (χ3n) is 5.37. The Balaban J connectivity index is 1.55. The molecule has 132 valence electrons. The Morgan fingerprint density at radius 3 is 2.84 bits per heavy atom. The Labute approximate surface area is 145 Å². The molecule has 2 aromatic rings. The summed E-state index contributed by atoms with van der Waals surface area (Å²) < 4.78 is 6.70. The average molecular weight is 343 g/mol. The summed E-state index contributed by atoms with van der Waals surface area (Å²) in [6.07, 6.45) is 7.77. The summed E-state index contributed by atoms with van der Waals surface area (Å²) in [6, 6.07) is 1.88. The van der Waals surface area contributed by atoms with E-state index in [0.717, 1.165) is 25.9 Å². The van der Waals surface area contributed by atoms with Crippen LogP contribution in [0, 0.1) is 11.8 Å². The number of carbonyl (C=O) groups is 1. The fourth-order valence-electron chi connectivity index (χ4n) is 4.17. The quantitative estimate of drug-likeness (QED) is 0.828. The van der Waals surface area contributed by atoms with Crippen LogP contribution in [0.5, 0.6) is 0 Å².